The minimum absolute atomic E-state index is 0.247. The summed E-state index contributed by atoms with van der Waals surface area (Å²) in [6.07, 6.45) is 5.62. The second-order valence-electron chi connectivity index (χ2n) is 6.06. The van der Waals surface area contributed by atoms with E-state index in [1.807, 2.05) is 24.3 Å². The van der Waals surface area contributed by atoms with Gasteiger partial charge in [-0.15, -0.1) is 0 Å². The molecule has 0 aliphatic heterocycles. The molecule has 0 bridgehead atoms. The van der Waals surface area contributed by atoms with Gasteiger partial charge < -0.3 is 10.6 Å². The third-order valence-corrected chi connectivity index (χ3v) is 4.10. The van der Waals surface area contributed by atoms with Crippen molar-refractivity contribution in [3.8, 4) is 0 Å². The van der Waals surface area contributed by atoms with Crippen molar-refractivity contribution in [1.82, 2.24) is 4.90 Å². The third kappa shape index (κ3) is 3.49. The number of para-hydroxylation sites is 1. The minimum atomic E-state index is 0.247. The number of anilines is 1. The minimum Gasteiger partial charge on any atom is -0.398 e. The molecule has 2 aliphatic carbocycles. The number of amides is 1. The second-order valence-corrected chi connectivity index (χ2v) is 6.06. The SMILES string of the molecule is Nc1ccccc1CC(=O)N(CC1CC1)CC1CC1. The van der Waals surface area contributed by atoms with Gasteiger partial charge in [0.1, 0.15) is 0 Å². The fourth-order valence-corrected chi connectivity index (χ4v) is 2.47. The van der Waals surface area contributed by atoms with Gasteiger partial charge in [0, 0.05) is 18.8 Å². The molecule has 19 heavy (non-hydrogen) atoms. The zero-order valence-corrected chi connectivity index (χ0v) is 11.3. The van der Waals surface area contributed by atoms with E-state index >= 15 is 0 Å². The fourth-order valence-electron chi connectivity index (χ4n) is 2.47. The average Bonchev–Trinajstić information content (AvgIpc) is 3.26. The van der Waals surface area contributed by atoms with Crippen LogP contribution in [0.3, 0.4) is 0 Å². The highest BCUT2D eigenvalue weighted by Gasteiger charge is 2.31. The zero-order chi connectivity index (χ0) is 13.2. The maximum Gasteiger partial charge on any atom is 0.227 e. The molecule has 3 nitrogen and oxygen atoms in total. The van der Waals surface area contributed by atoms with Gasteiger partial charge in [0.15, 0.2) is 0 Å². The molecule has 0 heterocycles. The lowest BCUT2D eigenvalue weighted by Crippen LogP contribution is -2.36. The molecule has 2 N–H and O–H groups in total. The molecule has 3 heteroatoms. The summed E-state index contributed by atoms with van der Waals surface area (Å²) in [7, 11) is 0. The monoisotopic (exact) mass is 258 g/mol. The van der Waals surface area contributed by atoms with Crippen molar-refractivity contribution in [1.29, 1.82) is 0 Å². The molecule has 2 saturated carbocycles. The number of hydrogen-bond acceptors (Lipinski definition) is 2. The second kappa shape index (κ2) is 5.24. The first-order chi connectivity index (χ1) is 9.22. The Balaban J connectivity index is 1.63. The Morgan fingerprint density at radius 3 is 2.21 bits per heavy atom. The van der Waals surface area contributed by atoms with Crippen molar-refractivity contribution < 1.29 is 4.79 Å². The number of hydrogen-bond donors (Lipinski definition) is 1. The van der Waals surface area contributed by atoms with Crippen LogP contribution in [0.15, 0.2) is 24.3 Å². The van der Waals surface area contributed by atoms with Crippen molar-refractivity contribution in [2.24, 2.45) is 11.8 Å². The molecule has 2 fully saturated rings. The number of carbonyl (C=O) groups is 1. The molecule has 1 aromatic rings. The summed E-state index contributed by atoms with van der Waals surface area (Å²) in [6, 6.07) is 7.69. The number of rotatable bonds is 6. The van der Waals surface area contributed by atoms with Crippen molar-refractivity contribution in [3.05, 3.63) is 29.8 Å². The number of nitrogens with two attached hydrogens (primary N) is 1. The highest BCUT2D eigenvalue weighted by Crippen LogP contribution is 2.34. The summed E-state index contributed by atoms with van der Waals surface area (Å²) >= 11 is 0. The van der Waals surface area contributed by atoms with Crippen molar-refractivity contribution in [3.63, 3.8) is 0 Å². The number of nitrogens with zero attached hydrogens (tertiary/aromatic N) is 1. The Labute approximate surface area is 114 Å². The summed E-state index contributed by atoms with van der Waals surface area (Å²) < 4.78 is 0. The van der Waals surface area contributed by atoms with Gasteiger partial charge in [-0.2, -0.15) is 0 Å². The number of nitrogen functional groups attached to an aromatic ring is 1. The van der Waals surface area contributed by atoms with E-state index in [1.165, 1.54) is 25.7 Å². The quantitative estimate of drug-likeness (QED) is 0.797. The summed E-state index contributed by atoms with van der Waals surface area (Å²) in [5, 5.41) is 0. The topological polar surface area (TPSA) is 46.3 Å². The molecule has 0 aromatic heterocycles. The number of carbonyl (C=O) groups excluding carboxylic acids is 1. The van der Waals surface area contributed by atoms with Crippen molar-refractivity contribution >= 4 is 11.6 Å². The van der Waals surface area contributed by atoms with E-state index in [0.29, 0.717) is 6.42 Å². The van der Waals surface area contributed by atoms with Crippen LogP contribution in [-0.2, 0) is 11.2 Å². The van der Waals surface area contributed by atoms with Gasteiger partial charge in [-0.25, -0.2) is 0 Å². The van der Waals surface area contributed by atoms with E-state index in [0.717, 1.165) is 36.2 Å². The van der Waals surface area contributed by atoms with Crippen LogP contribution in [0.2, 0.25) is 0 Å². The molecular formula is C16H22N2O. The zero-order valence-electron chi connectivity index (χ0n) is 11.3. The highest BCUT2D eigenvalue weighted by atomic mass is 16.2. The van der Waals surface area contributed by atoms with Gasteiger partial charge in [-0.05, 0) is 49.1 Å². The van der Waals surface area contributed by atoms with Crippen LogP contribution in [0.25, 0.3) is 0 Å². The molecule has 2 aliphatic rings. The Hall–Kier alpha value is -1.51. The van der Waals surface area contributed by atoms with Crippen LogP contribution in [0.5, 0.6) is 0 Å². The molecule has 3 rings (SSSR count). The van der Waals surface area contributed by atoms with Gasteiger partial charge >= 0.3 is 0 Å². The molecule has 1 aromatic carbocycles. The Morgan fingerprint density at radius 2 is 1.68 bits per heavy atom. The largest absolute Gasteiger partial charge is 0.398 e. The maximum atomic E-state index is 12.5. The molecule has 0 spiro atoms. The highest BCUT2D eigenvalue weighted by molar-refractivity contribution is 5.80. The van der Waals surface area contributed by atoms with Gasteiger partial charge in [0.2, 0.25) is 5.91 Å². The van der Waals surface area contributed by atoms with Crippen LogP contribution < -0.4 is 5.73 Å². The lowest BCUT2D eigenvalue weighted by Gasteiger charge is -2.23. The normalized spacial score (nSPS) is 18.3. The van der Waals surface area contributed by atoms with Crippen LogP contribution in [-0.4, -0.2) is 23.9 Å². The Kier molecular flexibility index (Phi) is 3.45. The van der Waals surface area contributed by atoms with Gasteiger partial charge in [0.25, 0.3) is 0 Å². The van der Waals surface area contributed by atoms with Crippen LogP contribution in [0, 0.1) is 11.8 Å². The third-order valence-electron chi connectivity index (χ3n) is 4.10. The van der Waals surface area contributed by atoms with Crippen LogP contribution in [0.1, 0.15) is 31.2 Å². The van der Waals surface area contributed by atoms with Crippen molar-refractivity contribution in [2.45, 2.75) is 32.1 Å². The molecule has 102 valence electrons. The standard InChI is InChI=1S/C16H22N2O/c17-15-4-2-1-3-14(15)9-16(19)18(10-12-5-6-12)11-13-7-8-13/h1-4,12-13H,5-11,17H2. The smallest absolute Gasteiger partial charge is 0.227 e. The van der Waals surface area contributed by atoms with E-state index in [2.05, 4.69) is 4.90 Å². The Morgan fingerprint density at radius 1 is 1.11 bits per heavy atom. The molecule has 0 atom stereocenters. The maximum absolute atomic E-state index is 12.5. The van der Waals surface area contributed by atoms with Crippen LogP contribution in [0.4, 0.5) is 5.69 Å². The predicted octanol–water partition coefficient (Wildman–Crippen LogP) is 2.46. The molecule has 1 amide bonds. The van der Waals surface area contributed by atoms with E-state index in [-0.39, 0.29) is 5.91 Å². The van der Waals surface area contributed by atoms with Crippen LogP contribution >= 0.6 is 0 Å². The summed E-state index contributed by atoms with van der Waals surface area (Å²) in [5.74, 6) is 1.77. The number of benzene rings is 1. The average molecular weight is 258 g/mol. The van der Waals surface area contributed by atoms with Crippen molar-refractivity contribution in [2.75, 3.05) is 18.8 Å². The Bertz CT molecular complexity index is 450. The first kappa shape index (κ1) is 12.5. The van der Waals surface area contributed by atoms with E-state index in [9.17, 15) is 4.79 Å². The van der Waals surface area contributed by atoms with E-state index in [4.69, 9.17) is 5.73 Å². The van der Waals surface area contributed by atoms with E-state index < -0.39 is 0 Å². The molecule has 0 saturated heterocycles. The predicted molar refractivity (Wildman–Crippen MR) is 76.6 cm³/mol. The van der Waals surface area contributed by atoms with Gasteiger partial charge in [-0.1, -0.05) is 18.2 Å². The molecular weight excluding hydrogens is 236 g/mol. The first-order valence-electron chi connectivity index (χ1n) is 7.33. The molecule has 0 unspecified atom stereocenters. The lowest BCUT2D eigenvalue weighted by atomic mass is 10.1. The first-order valence-corrected chi connectivity index (χ1v) is 7.33. The summed E-state index contributed by atoms with van der Waals surface area (Å²) in [4.78, 5) is 14.5. The fraction of sp³-hybridized carbons (Fsp3) is 0.562. The van der Waals surface area contributed by atoms with Gasteiger partial charge in [0.05, 0.1) is 6.42 Å². The summed E-state index contributed by atoms with van der Waals surface area (Å²) in [6.45, 7) is 1.92. The lowest BCUT2D eigenvalue weighted by molar-refractivity contribution is -0.131. The molecule has 0 radical (unpaired) electrons. The summed E-state index contributed by atoms with van der Waals surface area (Å²) in [5.41, 5.74) is 7.62. The van der Waals surface area contributed by atoms with E-state index in [1.54, 1.807) is 0 Å². The van der Waals surface area contributed by atoms with Gasteiger partial charge in [-0.3, -0.25) is 4.79 Å².